The lowest BCUT2D eigenvalue weighted by Gasteiger charge is -2.24. The summed E-state index contributed by atoms with van der Waals surface area (Å²) in [5, 5.41) is 9.34. The molecule has 5 heteroatoms. The van der Waals surface area contributed by atoms with Gasteiger partial charge in [-0.3, -0.25) is 0 Å². The average Bonchev–Trinajstić information content (AvgIpc) is 2.86. The van der Waals surface area contributed by atoms with Crippen LogP contribution in [0.5, 0.6) is 5.88 Å². The van der Waals surface area contributed by atoms with Gasteiger partial charge in [0.2, 0.25) is 5.88 Å². The lowest BCUT2D eigenvalue weighted by molar-refractivity contribution is 0.265. The fourth-order valence-electron chi connectivity index (χ4n) is 2.24. The number of nitrogen functional groups attached to an aromatic ring is 1. The smallest absolute Gasteiger partial charge is 0.239 e. The summed E-state index contributed by atoms with van der Waals surface area (Å²) in [5.74, 6) is 1.34. The van der Waals surface area contributed by atoms with Gasteiger partial charge < -0.3 is 20.5 Å². The minimum absolute atomic E-state index is 0.164. The van der Waals surface area contributed by atoms with Crippen molar-refractivity contribution in [1.82, 2.24) is 4.98 Å². The van der Waals surface area contributed by atoms with E-state index in [0.29, 0.717) is 18.2 Å². The van der Waals surface area contributed by atoms with Crippen molar-refractivity contribution in [2.24, 2.45) is 0 Å². The fourth-order valence-corrected chi connectivity index (χ4v) is 2.24. The molecule has 1 aromatic rings. The molecule has 0 aliphatic carbocycles. The van der Waals surface area contributed by atoms with Crippen molar-refractivity contribution in [3.05, 3.63) is 12.1 Å². The predicted molar refractivity (Wildman–Crippen MR) is 71.9 cm³/mol. The third kappa shape index (κ3) is 2.67. The number of anilines is 2. The van der Waals surface area contributed by atoms with E-state index >= 15 is 0 Å². The molecule has 1 aliphatic heterocycles. The number of pyridine rings is 1. The van der Waals surface area contributed by atoms with Gasteiger partial charge in [0.05, 0.1) is 24.9 Å². The van der Waals surface area contributed by atoms with Crippen molar-refractivity contribution in [2.75, 3.05) is 30.4 Å². The van der Waals surface area contributed by atoms with Gasteiger partial charge in [-0.05, 0) is 31.4 Å². The molecule has 1 saturated heterocycles. The van der Waals surface area contributed by atoms with Crippen molar-refractivity contribution in [2.45, 2.75) is 32.2 Å². The van der Waals surface area contributed by atoms with E-state index in [2.05, 4.69) is 9.88 Å². The lowest BCUT2D eigenvalue weighted by Crippen LogP contribution is -2.32. The third-order valence-corrected chi connectivity index (χ3v) is 3.20. The van der Waals surface area contributed by atoms with E-state index in [4.69, 9.17) is 10.5 Å². The fraction of sp³-hybridized carbons (Fsp3) is 0.615. The number of ether oxygens (including phenoxy) is 1. The van der Waals surface area contributed by atoms with Crippen LogP contribution in [0.4, 0.5) is 11.5 Å². The molecule has 2 heterocycles. The van der Waals surface area contributed by atoms with E-state index in [1.54, 1.807) is 0 Å². The van der Waals surface area contributed by atoms with Crippen LogP contribution in [0.25, 0.3) is 0 Å². The average molecular weight is 251 g/mol. The van der Waals surface area contributed by atoms with Crippen LogP contribution in [0.15, 0.2) is 12.1 Å². The first-order chi connectivity index (χ1) is 8.76. The lowest BCUT2D eigenvalue weighted by atomic mass is 10.2. The molecule has 0 aromatic carbocycles. The summed E-state index contributed by atoms with van der Waals surface area (Å²) < 4.78 is 5.53. The highest BCUT2D eigenvalue weighted by molar-refractivity contribution is 5.55. The molecule has 0 radical (unpaired) electrons. The van der Waals surface area contributed by atoms with Crippen molar-refractivity contribution in [3.63, 3.8) is 0 Å². The molecule has 1 aromatic heterocycles. The van der Waals surface area contributed by atoms with Gasteiger partial charge in [-0.25, -0.2) is 0 Å². The second-order valence-electron chi connectivity index (χ2n) is 4.58. The minimum atomic E-state index is 0.164. The van der Waals surface area contributed by atoms with E-state index in [1.807, 2.05) is 19.1 Å². The Morgan fingerprint density at radius 1 is 1.56 bits per heavy atom. The van der Waals surface area contributed by atoms with Crippen LogP contribution in [0, 0.1) is 0 Å². The summed E-state index contributed by atoms with van der Waals surface area (Å²) in [4.78, 5) is 6.58. The topological polar surface area (TPSA) is 71.6 Å². The molecule has 0 spiro atoms. The van der Waals surface area contributed by atoms with Crippen LogP contribution in [0.3, 0.4) is 0 Å². The number of aliphatic hydroxyl groups is 1. The molecular weight excluding hydrogens is 230 g/mol. The molecule has 0 saturated carbocycles. The van der Waals surface area contributed by atoms with E-state index in [9.17, 15) is 5.11 Å². The van der Waals surface area contributed by atoms with E-state index in [-0.39, 0.29) is 12.6 Å². The van der Waals surface area contributed by atoms with Gasteiger partial charge in [0.1, 0.15) is 5.82 Å². The molecule has 0 bridgehead atoms. The number of hydrogen-bond donors (Lipinski definition) is 2. The Balaban J connectivity index is 2.17. The van der Waals surface area contributed by atoms with Crippen molar-refractivity contribution in [1.29, 1.82) is 0 Å². The maximum atomic E-state index is 9.34. The summed E-state index contributed by atoms with van der Waals surface area (Å²) >= 11 is 0. The Kier molecular flexibility index (Phi) is 4.25. The van der Waals surface area contributed by atoms with Gasteiger partial charge >= 0.3 is 0 Å². The highest BCUT2D eigenvalue weighted by Crippen LogP contribution is 2.28. The zero-order chi connectivity index (χ0) is 13.0. The van der Waals surface area contributed by atoms with E-state index in [1.165, 1.54) is 0 Å². The van der Waals surface area contributed by atoms with Crippen molar-refractivity contribution in [3.8, 4) is 5.88 Å². The summed E-state index contributed by atoms with van der Waals surface area (Å²) in [7, 11) is 0. The van der Waals surface area contributed by atoms with Crippen LogP contribution >= 0.6 is 0 Å². The predicted octanol–water partition coefficient (Wildman–Crippen LogP) is 1.41. The molecule has 0 amide bonds. The minimum Gasteiger partial charge on any atom is -0.476 e. The second-order valence-corrected chi connectivity index (χ2v) is 4.58. The Morgan fingerprint density at radius 2 is 2.39 bits per heavy atom. The molecule has 100 valence electrons. The van der Waals surface area contributed by atoms with Crippen LogP contribution in [-0.2, 0) is 0 Å². The molecular formula is C13H21N3O2. The normalized spacial score (nSPS) is 19.2. The highest BCUT2D eigenvalue weighted by Gasteiger charge is 2.25. The SMILES string of the molecule is CCCOc1nc(N2CCCC2CO)ccc1N. The summed E-state index contributed by atoms with van der Waals surface area (Å²) in [6.07, 6.45) is 3.02. The standard InChI is InChI=1S/C13H21N3O2/c1-2-8-18-13-11(14)5-6-12(15-13)16-7-3-4-10(16)9-17/h5-6,10,17H,2-4,7-9,14H2,1H3. The summed E-state index contributed by atoms with van der Waals surface area (Å²) in [6, 6.07) is 3.88. The molecule has 1 atom stereocenters. The first-order valence-corrected chi connectivity index (χ1v) is 6.53. The molecule has 1 fully saturated rings. The van der Waals surface area contributed by atoms with Gasteiger partial charge in [-0.2, -0.15) is 4.98 Å². The Bertz CT molecular complexity index is 398. The maximum Gasteiger partial charge on any atom is 0.239 e. The van der Waals surface area contributed by atoms with Gasteiger partial charge in [-0.1, -0.05) is 6.92 Å². The van der Waals surface area contributed by atoms with Gasteiger partial charge in [0.25, 0.3) is 0 Å². The Labute approximate surface area is 108 Å². The summed E-state index contributed by atoms with van der Waals surface area (Å²) in [5.41, 5.74) is 6.40. The molecule has 1 unspecified atom stereocenters. The second kappa shape index (κ2) is 5.91. The molecule has 2 rings (SSSR count). The van der Waals surface area contributed by atoms with E-state index < -0.39 is 0 Å². The quantitative estimate of drug-likeness (QED) is 0.828. The molecule has 18 heavy (non-hydrogen) atoms. The maximum absolute atomic E-state index is 9.34. The van der Waals surface area contributed by atoms with Crippen LogP contribution in [0.2, 0.25) is 0 Å². The number of hydrogen-bond acceptors (Lipinski definition) is 5. The number of aromatic nitrogens is 1. The molecule has 3 N–H and O–H groups in total. The zero-order valence-corrected chi connectivity index (χ0v) is 10.8. The Morgan fingerprint density at radius 3 is 3.11 bits per heavy atom. The van der Waals surface area contributed by atoms with Gasteiger partial charge in [0.15, 0.2) is 0 Å². The number of aliphatic hydroxyl groups excluding tert-OH is 1. The Hall–Kier alpha value is -1.49. The largest absolute Gasteiger partial charge is 0.476 e. The molecule has 1 aliphatic rings. The van der Waals surface area contributed by atoms with Crippen molar-refractivity contribution < 1.29 is 9.84 Å². The van der Waals surface area contributed by atoms with Crippen LogP contribution in [-0.4, -0.2) is 35.9 Å². The van der Waals surface area contributed by atoms with Gasteiger partial charge in [0, 0.05) is 6.54 Å². The zero-order valence-electron chi connectivity index (χ0n) is 10.8. The van der Waals surface area contributed by atoms with E-state index in [0.717, 1.165) is 31.6 Å². The monoisotopic (exact) mass is 251 g/mol. The van der Waals surface area contributed by atoms with Gasteiger partial charge in [-0.15, -0.1) is 0 Å². The first kappa shape index (κ1) is 13.0. The summed E-state index contributed by atoms with van der Waals surface area (Å²) in [6.45, 7) is 3.75. The third-order valence-electron chi connectivity index (χ3n) is 3.20. The van der Waals surface area contributed by atoms with Crippen LogP contribution in [0.1, 0.15) is 26.2 Å². The first-order valence-electron chi connectivity index (χ1n) is 6.53. The van der Waals surface area contributed by atoms with Crippen LogP contribution < -0.4 is 15.4 Å². The number of nitrogens with two attached hydrogens (primary N) is 1. The highest BCUT2D eigenvalue weighted by atomic mass is 16.5. The number of rotatable bonds is 5. The number of nitrogens with zero attached hydrogens (tertiary/aromatic N) is 2. The molecule has 5 nitrogen and oxygen atoms in total. The van der Waals surface area contributed by atoms with Crippen molar-refractivity contribution >= 4 is 11.5 Å².